The molecule has 114 valence electrons. The second kappa shape index (κ2) is 10.6. The molecule has 2 N–H and O–H groups in total. The van der Waals surface area contributed by atoms with Gasteiger partial charge in [-0.05, 0) is 43.3 Å². The predicted octanol–water partition coefficient (Wildman–Crippen LogP) is 1.66. The summed E-state index contributed by atoms with van der Waals surface area (Å²) < 4.78 is 1.85. The van der Waals surface area contributed by atoms with E-state index in [9.17, 15) is 0 Å². The summed E-state index contributed by atoms with van der Waals surface area (Å²) in [6.07, 6.45) is 10.7. The normalized spacial score (nSPS) is 11.7. The second-order valence-electron chi connectivity index (χ2n) is 4.75. The van der Waals surface area contributed by atoms with Gasteiger partial charge in [-0.15, -0.1) is 0 Å². The molecule has 1 aromatic rings. The Hall–Kier alpha value is -1.17. The fourth-order valence-electron chi connectivity index (χ4n) is 1.90. The number of aliphatic imine (C=N–C) groups is 1. The first-order valence-electron chi connectivity index (χ1n) is 7.17. The number of aromatic nitrogens is 2. The van der Waals surface area contributed by atoms with Gasteiger partial charge in [0.2, 0.25) is 0 Å². The molecule has 1 rings (SSSR count). The van der Waals surface area contributed by atoms with E-state index in [0.29, 0.717) is 0 Å². The number of hydrogen-bond donors (Lipinski definition) is 2. The molecule has 0 aliphatic carbocycles. The summed E-state index contributed by atoms with van der Waals surface area (Å²) in [4.78, 5) is 4.23. The number of aryl methyl sites for hydroxylation is 2. The molecule has 1 aromatic heterocycles. The lowest BCUT2D eigenvalue weighted by atomic mass is 10.2. The summed E-state index contributed by atoms with van der Waals surface area (Å²) in [6, 6.07) is 0. The molecular formula is C14H27N5S. The maximum absolute atomic E-state index is 4.23. The first-order valence-corrected chi connectivity index (χ1v) is 8.56. The van der Waals surface area contributed by atoms with Crippen LogP contribution in [0.1, 0.15) is 24.8 Å². The van der Waals surface area contributed by atoms with Crippen molar-refractivity contribution in [1.82, 2.24) is 20.4 Å². The zero-order valence-electron chi connectivity index (χ0n) is 12.9. The van der Waals surface area contributed by atoms with Gasteiger partial charge in [-0.2, -0.15) is 16.9 Å². The molecule has 0 bridgehead atoms. The average molecular weight is 297 g/mol. The number of hydrogen-bond acceptors (Lipinski definition) is 3. The highest BCUT2D eigenvalue weighted by Gasteiger charge is 1.98. The average Bonchev–Trinajstić information content (AvgIpc) is 2.86. The largest absolute Gasteiger partial charge is 0.356 e. The van der Waals surface area contributed by atoms with Crippen LogP contribution in [0.25, 0.3) is 0 Å². The standard InChI is InChI=1S/C14H27N5S/c1-15-14(16-8-4-5-10-20-3)17-9-6-7-13-11-18-19(2)12-13/h11-12H,4-10H2,1-3H3,(H2,15,16,17). The monoisotopic (exact) mass is 297 g/mol. The van der Waals surface area contributed by atoms with Crippen LogP contribution in [-0.4, -0.2) is 47.9 Å². The molecule has 0 saturated heterocycles. The number of nitrogens with one attached hydrogen (secondary N) is 2. The second-order valence-corrected chi connectivity index (χ2v) is 5.74. The van der Waals surface area contributed by atoms with E-state index in [1.165, 1.54) is 24.2 Å². The number of guanidine groups is 1. The summed E-state index contributed by atoms with van der Waals surface area (Å²) >= 11 is 1.90. The molecule has 6 heteroatoms. The summed E-state index contributed by atoms with van der Waals surface area (Å²) in [5.74, 6) is 2.14. The highest BCUT2D eigenvalue weighted by atomic mass is 32.2. The molecule has 0 spiro atoms. The summed E-state index contributed by atoms with van der Waals surface area (Å²) in [5, 5.41) is 10.9. The van der Waals surface area contributed by atoms with E-state index in [1.54, 1.807) is 0 Å². The molecule has 1 heterocycles. The fourth-order valence-corrected chi connectivity index (χ4v) is 2.39. The predicted molar refractivity (Wildman–Crippen MR) is 88.5 cm³/mol. The van der Waals surface area contributed by atoms with E-state index in [0.717, 1.165) is 31.9 Å². The Kier molecular flexibility index (Phi) is 8.95. The van der Waals surface area contributed by atoms with Crippen molar-refractivity contribution >= 4 is 17.7 Å². The van der Waals surface area contributed by atoms with Crippen LogP contribution < -0.4 is 10.6 Å². The van der Waals surface area contributed by atoms with Crippen molar-refractivity contribution in [2.45, 2.75) is 25.7 Å². The molecule has 0 amide bonds. The van der Waals surface area contributed by atoms with Crippen LogP contribution in [0.4, 0.5) is 0 Å². The molecular weight excluding hydrogens is 270 g/mol. The minimum absolute atomic E-state index is 0.903. The van der Waals surface area contributed by atoms with Gasteiger partial charge in [0.25, 0.3) is 0 Å². The Balaban J connectivity index is 2.06. The van der Waals surface area contributed by atoms with E-state index in [1.807, 2.05) is 36.7 Å². The maximum Gasteiger partial charge on any atom is 0.190 e. The van der Waals surface area contributed by atoms with Crippen LogP contribution >= 0.6 is 11.8 Å². The van der Waals surface area contributed by atoms with Gasteiger partial charge in [-0.25, -0.2) is 0 Å². The SMILES string of the molecule is CN=C(NCCCCSC)NCCCc1cnn(C)c1. The van der Waals surface area contributed by atoms with E-state index in [4.69, 9.17) is 0 Å². The lowest BCUT2D eigenvalue weighted by molar-refractivity contribution is 0.712. The first-order chi connectivity index (χ1) is 9.76. The molecule has 5 nitrogen and oxygen atoms in total. The Bertz CT molecular complexity index is 389. The Labute approximate surface area is 126 Å². The molecule has 0 atom stereocenters. The molecule has 0 unspecified atom stereocenters. The van der Waals surface area contributed by atoms with Crippen LogP contribution in [0, 0.1) is 0 Å². The Morgan fingerprint density at radius 2 is 2.05 bits per heavy atom. The van der Waals surface area contributed by atoms with Crippen molar-refractivity contribution in [2.75, 3.05) is 32.1 Å². The van der Waals surface area contributed by atoms with Crippen molar-refractivity contribution in [3.63, 3.8) is 0 Å². The molecule has 20 heavy (non-hydrogen) atoms. The quantitative estimate of drug-likeness (QED) is 0.413. The van der Waals surface area contributed by atoms with E-state index >= 15 is 0 Å². The molecule has 0 aliphatic rings. The molecule has 0 saturated carbocycles. The van der Waals surface area contributed by atoms with E-state index < -0.39 is 0 Å². The topological polar surface area (TPSA) is 54.2 Å². The number of nitrogens with zero attached hydrogens (tertiary/aromatic N) is 3. The highest BCUT2D eigenvalue weighted by Crippen LogP contribution is 2.00. The van der Waals surface area contributed by atoms with Crippen molar-refractivity contribution in [3.8, 4) is 0 Å². The summed E-state index contributed by atoms with van der Waals surface area (Å²) in [5.41, 5.74) is 1.29. The molecule has 0 fully saturated rings. The van der Waals surface area contributed by atoms with Crippen LogP contribution in [0.15, 0.2) is 17.4 Å². The van der Waals surface area contributed by atoms with Crippen molar-refractivity contribution in [1.29, 1.82) is 0 Å². The lowest BCUT2D eigenvalue weighted by Crippen LogP contribution is -2.38. The molecule has 0 aliphatic heterocycles. The van der Waals surface area contributed by atoms with Crippen LogP contribution in [0.2, 0.25) is 0 Å². The first kappa shape index (κ1) is 16.9. The third-order valence-electron chi connectivity index (χ3n) is 2.98. The molecule has 0 aromatic carbocycles. The van der Waals surface area contributed by atoms with Gasteiger partial charge in [-0.3, -0.25) is 9.67 Å². The Morgan fingerprint density at radius 3 is 2.65 bits per heavy atom. The number of thioether (sulfide) groups is 1. The van der Waals surface area contributed by atoms with E-state index in [-0.39, 0.29) is 0 Å². The van der Waals surface area contributed by atoms with Gasteiger partial charge in [-0.1, -0.05) is 0 Å². The minimum Gasteiger partial charge on any atom is -0.356 e. The minimum atomic E-state index is 0.903. The van der Waals surface area contributed by atoms with Gasteiger partial charge in [0, 0.05) is 33.4 Å². The summed E-state index contributed by atoms with van der Waals surface area (Å²) in [7, 11) is 3.77. The summed E-state index contributed by atoms with van der Waals surface area (Å²) in [6.45, 7) is 1.92. The van der Waals surface area contributed by atoms with Gasteiger partial charge in [0.05, 0.1) is 6.20 Å². The highest BCUT2D eigenvalue weighted by molar-refractivity contribution is 7.98. The van der Waals surface area contributed by atoms with Gasteiger partial charge in [0.1, 0.15) is 0 Å². The Morgan fingerprint density at radius 1 is 1.30 bits per heavy atom. The third kappa shape index (κ3) is 7.43. The lowest BCUT2D eigenvalue weighted by Gasteiger charge is -2.11. The van der Waals surface area contributed by atoms with Gasteiger partial charge >= 0.3 is 0 Å². The van der Waals surface area contributed by atoms with Crippen molar-refractivity contribution in [2.24, 2.45) is 12.0 Å². The smallest absolute Gasteiger partial charge is 0.190 e. The fraction of sp³-hybridized carbons (Fsp3) is 0.714. The number of unbranched alkanes of at least 4 members (excludes halogenated alkanes) is 1. The van der Waals surface area contributed by atoms with Gasteiger partial charge in [0.15, 0.2) is 5.96 Å². The van der Waals surface area contributed by atoms with Crippen LogP contribution in [-0.2, 0) is 13.5 Å². The van der Waals surface area contributed by atoms with Crippen molar-refractivity contribution in [3.05, 3.63) is 18.0 Å². The van der Waals surface area contributed by atoms with Gasteiger partial charge < -0.3 is 10.6 Å². The van der Waals surface area contributed by atoms with E-state index in [2.05, 4.69) is 33.2 Å². The number of rotatable bonds is 9. The zero-order chi connectivity index (χ0) is 14.6. The zero-order valence-corrected chi connectivity index (χ0v) is 13.7. The van der Waals surface area contributed by atoms with Crippen molar-refractivity contribution < 1.29 is 0 Å². The van der Waals surface area contributed by atoms with Crippen LogP contribution in [0.3, 0.4) is 0 Å². The van der Waals surface area contributed by atoms with Crippen LogP contribution in [0.5, 0.6) is 0 Å². The maximum atomic E-state index is 4.23. The molecule has 0 radical (unpaired) electrons. The third-order valence-corrected chi connectivity index (χ3v) is 3.68.